The first kappa shape index (κ1) is 37.0. The second-order valence-corrected chi connectivity index (χ2v) is 14.3. The predicted molar refractivity (Wildman–Crippen MR) is 176 cm³/mol. The molecule has 2 aromatic rings. The van der Waals surface area contributed by atoms with Crippen molar-refractivity contribution < 1.29 is 57.5 Å². The molecule has 1 spiro atoms. The minimum atomic E-state index is -2.04. The van der Waals surface area contributed by atoms with E-state index in [1.165, 1.54) is 32.9 Å². The van der Waals surface area contributed by atoms with E-state index < -0.39 is 94.9 Å². The first-order chi connectivity index (χ1) is 23.5. The van der Waals surface area contributed by atoms with Crippen molar-refractivity contribution in [2.75, 3.05) is 6.61 Å². The Morgan fingerprint density at radius 2 is 1.38 bits per heavy atom. The topological polar surface area (TPSA) is 161 Å². The number of aliphatic hydroxyl groups is 1. The standard InChI is InChI=1S/C38H46O12/c1-8-22(2)32(41)48-29-19-27-30(46-24(4)40)38(50-35(27,5)6)36(7,44)20-28(47-33(42)25-15-11-9-12-16-25)31(37(29,38)21-45-23(3)39)49-34(43)26-17-13-10-14-18-26/h9-18,22,27-31,44H,8,19-21H2,1-7H3. The lowest BCUT2D eigenvalue weighted by atomic mass is 9.46. The van der Waals surface area contributed by atoms with Crippen molar-refractivity contribution in [3.63, 3.8) is 0 Å². The molecule has 1 aliphatic heterocycles. The van der Waals surface area contributed by atoms with Crippen LogP contribution in [0.15, 0.2) is 60.7 Å². The summed E-state index contributed by atoms with van der Waals surface area (Å²) in [5.41, 5.74) is -6.86. The molecule has 2 aliphatic carbocycles. The molecule has 12 nitrogen and oxygen atoms in total. The molecule has 270 valence electrons. The maximum atomic E-state index is 14.0. The van der Waals surface area contributed by atoms with Gasteiger partial charge >= 0.3 is 29.8 Å². The molecular formula is C38H46O12. The van der Waals surface area contributed by atoms with Gasteiger partial charge in [-0.2, -0.15) is 0 Å². The Morgan fingerprint density at radius 1 is 0.820 bits per heavy atom. The molecule has 0 radical (unpaired) electrons. The zero-order valence-corrected chi connectivity index (χ0v) is 29.5. The fraction of sp³-hybridized carbons (Fsp3) is 0.553. The monoisotopic (exact) mass is 694 g/mol. The number of hydrogen-bond donors (Lipinski definition) is 1. The fourth-order valence-corrected chi connectivity index (χ4v) is 8.18. The number of rotatable bonds is 10. The summed E-state index contributed by atoms with van der Waals surface area (Å²) in [6, 6.07) is 16.2. The van der Waals surface area contributed by atoms with Crippen LogP contribution in [0.3, 0.4) is 0 Å². The third-order valence-electron chi connectivity index (χ3n) is 10.7. The van der Waals surface area contributed by atoms with Crippen molar-refractivity contribution in [3.8, 4) is 0 Å². The summed E-state index contributed by atoms with van der Waals surface area (Å²) in [5, 5.41) is 12.8. The van der Waals surface area contributed by atoms with Crippen LogP contribution in [0.2, 0.25) is 0 Å². The van der Waals surface area contributed by atoms with E-state index in [4.69, 9.17) is 28.4 Å². The molecule has 1 saturated heterocycles. The number of benzene rings is 2. The molecule has 5 rings (SSSR count). The molecule has 9 atom stereocenters. The molecular weight excluding hydrogens is 648 g/mol. The van der Waals surface area contributed by atoms with Gasteiger partial charge in [0.2, 0.25) is 0 Å². The molecule has 2 saturated carbocycles. The Morgan fingerprint density at radius 3 is 1.90 bits per heavy atom. The molecule has 3 fully saturated rings. The van der Waals surface area contributed by atoms with Crippen molar-refractivity contribution in [1.82, 2.24) is 0 Å². The lowest BCUT2D eigenvalue weighted by Crippen LogP contribution is -2.83. The van der Waals surface area contributed by atoms with Gasteiger partial charge in [-0.05, 0) is 57.9 Å². The van der Waals surface area contributed by atoms with Crippen molar-refractivity contribution in [3.05, 3.63) is 71.8 Å². The Kier molecular flexibility index (Phi) is 10.2. The van der Waals surface area contributed by atoms with E-state index in [-0.39, 0.29) is 24.0 Å². The number of fused-ring (bicyclic) bond motifs is 1. The largest absolute Gasteiger partial charge is 0.465 e. The van der Waals surface area contributed by atoms with Crippen molar-refractivity contribution in [2.24, 2.45) is 17.3 Å². The predicted octanol–water partition coefficient (Wildman–Crippen LogP) is 4.60. The normalized spacial score (nSPS) is 32.8. The first-order valence-corrected chi connectivity index (χ1v) is 17.0. The number of ether oxygens (including phenoxy) is 6. The Labute approximate surface area is 291 Å². The van der Waals surface area contributed by atoms with Crippen LogP contribution in [0.25, 0.3) is 0 Å². The van der Waals surface area contributed by atoms with Crippen molar-refractivity contribution in [1.29, 1.82) is 0 Å². The summed E-state index contributed by atoms with van der Waals surface area (Å²) < 4.78 is 37.5. The van der Waals surface area contributed by atoms with Crippen LogP contribution in [0.4, 0.5) is 0 Å². The van der Waals surface area contributed by atoms with Crippen molar-refractivity contribution >= 4 is 29.8 Å². The van der Waals surface area contributed by atoms with Gasteiger partial charge in [0.15, 0.2) is 11.7 Å². The SMILES string of the molecule is CCC(C)C(=O)OC1CC2C(OC(C)=O)C3(OC2(C)C)C(C)(O)CC(OC(=O)c2ccccc2)C(OC(=O)c2ccccc2)C13COC(C)=O. The zero-order chi connectivity index (χ0) is 36.6. The first-order valence-electron chi connectivity index (χ1n) is 17.0. The Hall–Kier alpha value is -4.29. The summed E-state index contributed by atoms with van der Waals surface area (Å²) in [4.78, 5) is 66.9. The lowest BCUT2D eigenvalue weighted by Gasteiger charge is -2.65. The number of carbonyl (C=O) groups excluding carboxylic acids is 5. The third-order valence-corrected chi connectivity index (χ3v) is 10.7. The highest BCUT2D eigenvalue weighted by Gasteiger charge is 2.86. The van der Waals surface area contributed by atoms with Crippen LogP contribution in [-0.2, 0) is 42.8 Å². The van der Waals surface area contributed by atoms with E-state index in [1.54, 1.807) is 69.3 Å². The summed E-state index contributed by atoms with van der Waals surface area (Å²) in [6.07, 6.45) is -5.39. The molecule has 2 aromatic carbocycles. The lowest BCUT2D eigenvalue weighted by molar-refractivity contribution is -0.354. The quantitative estimate of drug-likeness (QED) is 0.272. The van der Waals surface area contributed by atoms with Gasteiger partial charge in [-0.3, -0.25) is 14.4 Å². The van der Waals surface area contributed by atoms with Gasteiger partial charge in [0.25, 0.3) is 0 Å². The second kappa shape index (κ2) is 13.8. The van der Waals surface area contributed by atoms with Gasteiger partial charge in [0.1, 0.15) is 30.3 Å². The van der Waals surface area contributed by atoms with Crippen LogP contribution in [0.1, 0.15) is 88.4 Å². The van der Waals surface area contributed by atoms with Gasteiger partial charge in [0.05, 0.1) is 28.2 Å². The molecule has 2 bridgehead atoms. The summed E-state index contributed by atoms with van der Waals surface area (Å²) in [6.45, 7) is 10.3. The summed E-state index contributed by atoms with van der Waals surface area (Å²) >= 11 is 0. The summed E-state index contributed by atoms with van der Waals surface area (Å²) in [5.74, 6) is -4.82. The van der Waals surface area contributed by atoms with Crippen LogP contribution in [-0.4, -0.2) is 82.8 Å². The average Bonchev–Trinajstić information content (AvgIpc) is 3.23. The van der Waals surface area contributed by atoms with E-state index in [1.807, 2.05) is 6.92 Å². The van der Waals surface area contributed by atoms with Crippen LogP contribution < -0.4 is 0 Å². The van der Waals surface area contributed by atoms with Crippen LogP contribution >= 0.6 is 0 Å². The molecule has 1 heterocycles. The smallest absolute Gasteiger partial charge is 0.338 e. The van der Waals surface area contributed by atoms with Crippen LogP contribution in [0, 0.1) is 17.3 Å². The Balaban J connectivity index is 1.81. The molecule has 1 N–H and O–H groups in total. The maximum Gasteiger partial charge on any atom is 0.338 e. The Bertz CT molecular complexity index is 1600. The minimum Gasteiger partial charge on any atom is -0.465 e. The second-order valence-electron chi connectivity index (χ2n) is 14.3. The van der Waals surface area contributed by atoms with E-state index >= 15 is 0 Å². The highest BCUT2D eigenvalue weighted by Crippen LogP contribution is 2.69. The van der Waals surface area contributed by atoms with Gasteiger partial charge in [-0.15, -0.1) is 0 Å². The van der Waals surface area contributed by atoms with Gasteiger partial charge in [-0.25, -0.2) is 9.59 Å². The fourth-order valence-electron chi connectivity index (χ4n) is 8.18. The number of esters is 5. The average molecular weight is 695 g/mol. The maximum absolute atomic E-state index is 14.0. The molecule has 0 amide bonds. The van der Waals surface area contributed by atoms with Crippen molar-refractivity contribution in [2.45, 2.75) is 109 Å². The van der Waals surface area contributed by atoms with E-state index in [0.717, 1.165) is 0 Å². The molecule has 3 aliphatic rings. The highest BCUT2D eigenvalue weighted by atomic mass is 16.6. The van der Waals surface area contributed by atoms with Gasteiger partial charge in [0, 0.05) is 26.2 Å². The van der Waals surface area contributed by atoms with E-state index in [9.17, 15) is 29.1 Å². The zero-order valence-electron chi connectivity index (χ0n) is 29.5. The number of hydrogen-bond acceptors (Lipinski definition) is 12. The molecule has 12 heteroatoms. The highest BCUT2D eigenvalue weighted by molar-refractivity contribution is 5.90. The van der Waals surface area contributed by atoms with Gasteiger partial charge < -0.3 is 33.5 Å². The van der Waals surface area contributed by atoms with E-state index in [2.05, 4.69) is 0 Å². The van der Waals surface area contributed by atoms with Crippen LogP contribution in [0.5, 0.6) is 0 Å². The van der Waals surface area contributed by atoms with E-state index in [0.29, 0.717) is 6.42 Å². The minimum absolute atomic E-state index is 0.00897. The van der Waals surface area contributed by atoms with Gasteiger partial charge in [-0.1, -0.05) is 50.2 Å². The third kappa shape index (κ3) is 6.28. The molecule has 50 heavy (non-hydrogen) atoms. The number of carbonyl (C=O) groups is 5. The summed E-state index contributed by atoms with van der Waals surface area (Å²) in [7, 11) is 0. The molecule has 9 unspecified atom stereocenters. The molecule has 0 aromatic heterocycles.